The van der Waals surface area contributed by atoms with Crippen molar-refractivity contribution in [2.24, 2.45) is 0 Å². The molecule has 0 aliphatic rings. The molecule has 1 heterocycles. The number of nitrogens with two attached hydrogens (primary N) is 1. The number of esters is 1. The van der Waals surface area contributed by atoms with Crippen LogP contribution in [0.1, 0.15) is 10.4 Å². The minimum atomic E-state index is -3.32. The lowest BCUT2D eigenvalue weighted by Gasteiger charge is -2.10. The molecule has 0 fully saturated rings. The Balaban J connectivity index is 2.81. The first-order valence-corrected chi connectivity index (χ1v) is 7.03. The Morgan fingerprint density at radius 3 is 2.79 bits per heavy atom. The highest BCUT2D eigenvalue weighted by Gasteiger charge is 2.14. The number of ether oxygens (including phenoxy) is 1. The lowest BCUT2D eigenvalue weighted by molar-refractivity contribution is 0.0601. The highest BCUT2D eigenvalue weighted by Crippen LogP contribution is 2.16. The third kappa shape index (κ3) is 4.38. The molecule has 106 valence electrons. The largest absolute Gasteiger partial charge is 0.465 e. The fourth-order valence-corrected chi connectivity index (χ4v) is 1.87. The summed E-state index contributed by atoms with van der Waals surface area (Å²) in [4.78, 5) is 15.5. The first-order chi connectivity index (χ1) is 8.89. The van der Waals surface area contributed by atoms with Crippen LogP contribution in [-0.2, 0) is 14.8 Å². The molecule has 1 aromatic heterocycles. The van der Waals surface area contributed by atoms with Gasteiger partial charge in [0.15, 0.2) is 0 Å². The summed E-state index contributed by atoms with van der Waals surface area (Å²) in [6.45, 7) is 0.101. The molecule has 19 heavy (non-hydrogen) atoms. The molecule has 0 bridgehead atoms. The van der Waals surface area contributed by atoms with E-state index >= 15 is 0 Å². The van der Waals surface area contributed by atoms with Gasteiger partial charge >= 0.3 is 5.97 Å². The van der Waals surface area contributed by atoms with E-state index in [2.05, 4.69) is 19.8 Å². The number of nitrogen functional groups attached to an aromatic ring is 1. The Morgan fingerprint density at radius 1 is 1.53 bits per heavy atom. The third-order valence-corrected chi connectivity index (χ3v) is 3.65. The van der Waals surface area contributed by atoms with Crippen LogP contribution in [0.25, 0.3) is 0 Å². The van der Waals surface area contributed by atoms with E-state index in [-0.39, 0.29) is 23.7 Å². The van der Waals surface area contributed by atoms with Crippen LogP contribution in [0.2, 0.25) is 0 Å². The van der Waals surface area contributed by atoms with Crippen molar-refractivity contribution in [3.05, 3.63) is 17.8 Å². The number of hydrogen-bond acceptors (Lipinski definition) is 7. The van der Waals surface area contributed by atoms with Crippen LogP contribution in [0.15, 0.2) is 12.3 Å². The van der Waals surface area contributed by atoms with Gasteiger partial charge in [0.05, 0.1) is 24.7 Å². The zero-order valence-corrected chi connectivity index (χ0v) is 11.5. The summed E-state index contributed by atoms with van der Waals surface area (Å²) >= 11 is 0. The van der Waals surface area contributed by atoms with Crippen LogP contribution in [0.5, 0.6) is 0 Å². The summed E-state index contributed by atoms with van der Waals surface area (Å²) in [6.07, 6.45) is 1.36. The normalized spacial score (nSPS) is 11.1. The van der Waals surface area contributed by atoms with Crippen molar-refractivity contribution < 1.29 is 17.9 Å². The first-order valence-electron chi connectivity index (χ1n) is 5.38. The number of nitrogens with zero attached hydrogens (tertiary/aromatic N) is 1. The Morgan fingerprint density at radius 2 is 2.21 bits per heavy atom. The average Bonchev–Trinajstić information content (AvgIpc) is 2.39. The van der Waals surface area contributed by atoms with Crippen molar-refractivity contribution in [1.82, 2.24) is 9.71 Å². The zero-order chi connectivity index (χ0) is 14.5. The summed E-state index contributed by atoms with van der Waals surface area (Å²) in [5.41, 5.74) is 6.01. The monoisotopic (exact) mass is 288 g/mol. The zero-order valence-electron chi connectivity index (χ0n) is 10.6. The first kappa shape index (κ1) is 15.2. The molecule has 8 nitrogen and oxygen atoms in total. The molecule has 0 saturated heterocycles. The van der Waals surface area contributed by atoms with Gasteiger partial charge in [-0.2, -0.15) is 0 Å². The van der Waals surface area contributed by atoms with Crippen molar-refractivity contribution in [3.8, 4) is 0 Å². The van der Waals surface area contributed by atoms with Gasteiger partial charge in [0.2, 0.25) is 10.0 Å². The average molecular weight is 288 g/mol. The van der Waals surface area contributed by atoms with Crippen LogP contribution < -0.4 is 15.8 Å². The van der Waals surface area contributed by atoms with E-state index in [1.807, 2.05) is 0 Å². The highest BCUT2D eigenvalue weighted by molar-refractivity contribution is 7.89. The second-order valence-corrected chi connectivity index (χ2v) is 5.65. The number of nitrogens with one attached hydrogen (secondary N) is 2. The van der Waals surface area contributed by atoms with Crippen LogP contribution in [0.3, 0.4) is 0 Å². The van der Waals surface area contributed by atoms with E-state index in [0.29, 0.717) is 5.69 Å². The molecule has 1 rings (SSSR count). The van der Waals surface area contributed by atoms with Gasteiger partial charge < -0.3 is 15.8 Å². The Bertz CT molecular complexity index is 559. The summed E-state index contributed by atoms with van der Waals surface area (Å²) in [5.74, 6) is -0.512. The number of carbonyl (C=O) groups excluding carboxylic acids is 1. The maximum Gasteiger partial charge on any atom is 0.341 e. The molecule has 0 saturated carbocycles. The number of hydrogen-bond donors (Lipinski definition) is 3. The van der Waals surface area contributed by atoms with Gasteiger partial charge in [0.1, 0.15) is 11.4 Å². The molecule has 1 aromatic rings. The smallest absolute Gasteiger partial charge is 0.341 e. The van der Waals surface area contributed by atoms with Crippen LogP contribution in [0.4, 0.5) is 11.5 Å². The number of carbonyl (C=O) groups is 1. The van der Waals surface area contributed by atoms with Gasteiger partial charge in [-0.05, 0) is 13.1 Å². The summed E-state index contributed by atoms with van der Waals surface area (Å²) in [7, 11) is -0.751. The predicted octanol–water partition coefficient (Wildman–Crippen LogP) is -0.588. The number of pyridine rings is 1. The second-order valence-electron chi connectivity index (χ2n) is 3.61. The number of rotatable bonds is 6. The van der Waals surface area contributed by atoms with Crippen molar-refractivity contribution in [2.75, 3.05) is 37.5 Å². The lowest BCUT2D eigenvalue weighted by Crippen LogP contribution is -2.26. The summed E-state index contributed by atoms with van der Waals surface area (Å²) in [5, 5.41) is 2.76. The number of methoxy groups -OCH3 is 1. The fraction of sp³-hybridized carbons (Fsp3) is 0.400. The van der Waals surface area contributed by atoms with Crippen molar-refractivity contribution in [1.29, 1.82) is 0 Å². The Kier molecular flexibility index (Phi) is 5.07. The summed E-state index contributed by atoms with van der Waals surface area (Å²) < 4.78 is 29.3. The minimum absolute atomic E-state index is 0.101. The standard InChI is InChI=1S/C10H16N4O4S/c1-12-19(16,17)4-3-13-9-8(10(15)18-2)5-7(11)6-14-9/h5-6,12H,3-4,11H2,1-2H3,(H,13,14). The Labute approximate surface area is 111 Å². The SMILES string of the molecule is CNS(=O)(=O)CCNc1ncc(N)cc1C(=O)OC. The molecule has 0 spiro atoms. The molecule has 0 radical (unpaired) electrons. The van der Waals surface area contributed by atoms with E-state index in [4.69, 9.17) is 5.73 Å². The molecule has 0 aromatic carbocycles. The molecular formula is C10H16N4O4S. The molecule has 0 amide bonds. The van der Waals surface area contributed by atoms with E-state index < -0.39 is 16.0 Å². The van der Waals surface area contributed by atoms with Gasteiger partial charge in [0, 0.05) is 6.54 Å². The maximum atomic E-state index is 11.5. The van der Waals surface area contributed by atoms with Gasteiger partial charge in [-0.15, -0.1) is 0 Å². The van der Waals surface area contributed by atoms with Crippen LogP contribution in [-0.4, -0.2) is 45.8 Å². The van der Waals surface area contributed by atoms with E-state index in [0.717, 1.165) is 0 Å². The second kappa shape index (κ2) is 6.34. The molecule has 0 aliphatic heterocycles. The van der Waals surface area contributed by atoms with Crippen LogP contribution >= 0.6 is 0 Å². The number of sulfonamides is 1. The highest BCUT2D eigenvalue weighted by atomic mass is 32.2. The Hall–Kier alpha value is -1.87. The number of aromatic nitrogens is 1. The molecule has 0 atom stereocenters. The van der Waals surface area contributed by atoms with Crippen molar-refractivity contribution >= 4 is 27.5 Å². The summed E-state index contributed by atoms with van der Waals surface area (Å²) in [6, 6.07) is 1.41. The van der Waals surface area contributed by atoms with E-state index in [1.54, 1.807) is 0 Å². The lowest BCUT2D eigenvalue weighted by atomic mass is 10.2. The predicted molar refractivity (Wildman–Crippen MR) is 71.3 cm³/mol. The number of anilines is 2. The van der Waals surface area contributed by atoms with Crippen molar-refractivity contribution in [2.45, 2.75) is 0 Å². The van der Waals surface area contributed by atoms with Gasteiger partial charge in [-0.25, -0.2) is 22.9 Å². The molecule has 4 N–H and O–H groups in total. The van der Waals surface area contributed by atoms with Gasteiger partial charge in [0.25, 0.3) is 0 Å². The third-order valence-electron chi connectivity index (χ3n) is 2.29. The van der Waals surface area contributed by atoms with E-state index in [9.17, 15) is 13.2 Å². The van der Waals surface area contributed by atoms with Gasteiger partial charge in [-0.3, -0.25) is 0 Å². The van der Waals surface area contributed by atoms with Crippen molar-refractivity contribution in [3.63, 3.8) is 0 Å². The van der Waals surface area contributed by atoms with Crippen LogP contribution in [0, 0.1) is 0 Å². The topological polar surface area (TPSA) is 123 Å². The molecule has 9 heteroatoms. The quantitative estimate of drug-likeness (QED) is 0.598. The van der Waals surface area contributed by atoms with E-state index in [1.165, 1.54) is 26.4 Å². The molecular weight excluding hydrogens is 272 g/mol. The minimum Gasteiger partial charge on any atom is -0.465 e. The maximum absolute atomic E-state index is 11.5. The molecule has 0 unspecified atom stereocenters. The molecule has 0 aliphatic carbocycles. The van der Waals surface area contributed by atoms with Gasteiger partial charge in [-0.1, -0.05) is 0 Å². The fourth-order valence-electron chi connectivity index (χ4n) is 1.29.